The summed E-state index contributed by atoms with van der Waals surface area (Å²) in [6, 6.07) is 13.6. The summed E-state index contributed by atoms with van der Waals surface area (Å²) in [6.07, 6.45) is 1.60. The van der Waals surface area contributed by atoms with Gasteiger partial charge in [-0.05, 0) is 49.9 Å². The second-order valence-electron chi connectivity index (χ2n) is 6.79. The van der Waals surface area contributed by atoms with Crippen molar-refractivity contribution in [1.29, 1.82) is 0 Å². The minimum atomic E-state index is -0.481. The molecule has 2 aromatic rings. The van der Waals surface area contributed by atoms with Crippen molar-refractivity contribution in [3.8, 4) is 0 Å². The third kappa shape index (κ3) is 4.28. The van der Waals surface area contributed by atoms with Gasteiger partial charge in [-0.1, -0.05) is 29.8 Å². The lowest BCUT2D eigenvalue weighted by molar-refractivity contribution is 0.0679. The molecule has 0 saturated carbocycles. The Hall–Kier alpha value is -2.69. The van der Waals surface area contributed by atoms with Crippen LogP contribution in [0.4, 0.5) is 4.39 Å². The van der Waals surface area contributed by atoms with Crippen molar-refractivity contribution in [2.45, 2.75) is 19.8 Å². The number of nitrogens with zero attached hydrogens (tertiary/aromatic N) is 1. The van der Waals surface area contributed by atoms with E-state index in [-0.39, 0.29) is 17.4 Å². The lowest BCUT2D eigenvalue weighted by atomic mass is 9.96. The van der Waals surface area contributed by atoms with Gasteiger partial charge in [0.15, 0.2) is 0 Å². The van der Waals surface area contributed by atoms with E-state index in [4.69, 9.17) is 0 Å². The summed E-state index contributed by atoms with van der Waals surface area (Å²) in [5.74, 6) is -0.487. The van der Waals surface area contributed by atoms with Gasteiger partial charge in [0.1, 0.15) is 5.82 Å². The van der Waals surface area contributed by atoms with Gasteiger partial charge in [-0.25, -0.2) is 4.39 Å². The van der Waals surface area contributed by atoms with Crippen LogP contribution in [0, 0.1) is 18.7 Å². The summed E-state index contributed by atoms with van der Waals surface area (Å²) >= 11 is 0. The average Bonchev–Trinajstić information content (AvgIpc) is 2.67. The summed E-state index contributed by atoms with van der Waals surface area (Å²) in [7, 11) is 0. The van der Waals surface area contributed by atoms with Crippen LogP contribution in [0.25, 0.3) is 0 Å². The predicted molar refractivity (Wildman–Crippen MR) is 98.5 cm³/mol. The molecular formula is C21H23FN2O2. The second kappa shape index (κ2) is 8.13. The predicted octanol–water partition coefficient (Wildman–Crippen LogP) is 3.42. The number of carbonyl (C=O) groups is 2. The van der Waals surface area contributed by atoms with Crippen LogP contribution in [-0.4, -0.2) is 36.3 Å². The van der Waals surface area contributed by atoms with Gasteiger partial charge in [0, 0.05) is 25.2 Å². The van der Waals surface area contributed by atoms with Gasteiger partial charge < -0.3 is 10.2 Å². The van der Waals surface area contributed by atoms with Crippen LogP contribution in [0.15, 0.2) is 48.5 Å². The van der Waals surface area contributed by atoms with Crippen LogP contribution < -0.4 is 5.32 Å². The van der Waals surface area contributed by atoms with E-state index < -0.39 is 5.82 Å². The quantitative estimate of drug-likeness (QED) is 0.915. The molecule has 2 aromatic carbocycles. The highest BCUT2D eigenvalue weighted by molar-refractivity contribution is 5.95. The van der Waals surface area contributed by atoms with Crippen LogP contribution in [0.5, 0.6) is 0 Å². The lowest BCUT2D eigenvalue weighted by Crippen LogP contribution is -2.41. The molecule has 0 bridgehead atoms. The highest BCUT2D eigenvalue weighted by Crippen LogP contribution is 2.19. The first-order valence-corrected chi connectivity index (χ1v) is 8.93. The Kier molecular flexibility index (Phi) is 5.66. The Morgan fingerprint density at radius 1 is 1.08 bits per heavy atom. The SMILES string of the molecule is Cc1ccc(C(=O)NCC2CCN(C(=O)c3ccccc3F)CC2)cc1. The van der Waals surface area contributed by atoms with Crippen molar-refractivity contribution in [3.63, 3.8) is 0 Å². The molecule has 26 heavy (non-hydrogen) atoms. The monoisotopic (exact) mass is 354 g/mol. The standard InChI is InChI=1S/C21H23FN2O2/c1-15-6-8-17(9-7-15)20(25)23-14-16-10-12-24(13-11-16)21(26)18-4-2-3-5-19(18)22/h2-9,16H,10-14H2,1H3,(H,23,25). The molecule has 0 atom stereocenters. The molecule has 2 amide bonds. The molecule has 5 heteroatoms. The van der Waals surface area contributed by atoms with Crippen molar-refractivity contribution >= 4 is 11.8 Å². The van der Waals surface area contributed by atoms with E-state index in [1.165, 1.54) is 12.1 Å². The number of carbonyl (C=O) groups excluding carboxylic acids is 2. The second-order valence-corrected chi connectivity index (χ2v) is 6.79. The van der Waals surface area contributed by atoms with Crippen LogP contribution in [0.2, 0.25) is 0 Å². The van der Waals surface area contributed by atoms with Crippen LogP contribution in [0.1, 0.15) is 39.1 Å². The van der Waals surface area contributed by atoms with Crippen molar-refractivity contribution < 1.29 is 14.0 Å². The molecule has 1 saturated heterocycles. The molecule has 1 aliphatic rings. The molecule has 0 spiro atoms. The Morgan fingerprint density at radius 3 is 2.38 bits per heavy atom. The maximum Gasteiger partial charge on any atom is 0.256 e. The first kappa shape index (κ1) is 18.1. The number of aryl methyl sites for hydroxylation is 1. The van der Waals surface area contributed by atoms with E-state index in [1.54, 1.807) is 17.0 Å². The Bertz CT molecular complexity index is 781. The third-order valence-corrected chi connectivity index (χ3v) is 4.87. The molecule has 1 aliphatic heterocycles. The zero-order valence-corrected chi connectivity index (χ0v) is 14.9. The fourth-order valence-electron chi connectivity index (χ4n) is 3.19. The van der Waals surface area contributed by atoms with Gasteiger partial charge >= 0.3 is 0 Å². The number of amides is 2. The van der Waals surface area contributed by atoms with E-state index in [9.17, 15) is 14.0 Å². The van der Waals surface area contributed by atoms with Gasteiger partial charge in [0.2, 0.25) is 0 Å². The first-order chi connectivity index (χ1) is 12.5. The molecular weight excluding hydrogens is 331 g/mol. The van der Waals surface area contributed by atoms with Crippen LogP contribution in [0.3, 0.4) is 0 Å². The zero-order chi connectivity index (χ0) is 18.5. The molecule has 0 radical (unpaired) electrons. The van der Waals surface area contributed by atoms with Gasteiger partial charge in [-0.3, -0.25) is 9.59 Å². The van der Waals surface area contributed by atoms with Crippen molar-refractivity contribution in [2.75, 3.05) is 19.6 Å². The Balaban J connectivity index is 1.48. The van der Waals surface area contributed by atoms with E-state index in [2.05, 4.69) is 5.32 Å². The maximum atomic E-state index is 13.8. The Labute approximate surface area is 153 Å². The minimum absolute atomic E-state index is 0.0742. The van der Waals surface area contributed by atoms with Crippen LogP contribution in [-0.2, 0) is 0 Å². The molecule has 1 N–H and O–H groups in total. The topological polar surface area (TPSA) is 49.4 Å². The number of likely N-dealkylation sites (tertiary alicyclic amines) is 1. The van der Waals surface area contributed by atoms with E-state index in [1.807, 2.05) is 31.2 Å². The van der Waals surface area contributed by atoms with E-state index in [0.717, 1.165) is 18.4 Å². The summed E-state index contributed by atoms with van der Waals surface area (Å²) in [6.45, 7) is 3.74. The number of hydrogen-bond acceptors (Lipinski definition) is 2. The third-order valence-electron chi connectivity index (χ3n) is 4.87. The summed E-state index contributed by atoms with van der Waals surface area (Å²) in [4.78, 5) is 26.3. The fraction of sp³-hybridized carbons (Fsp3) is 0.333. The van der Waals surface area contributed by atoms with Gasteiger partial charge in [-0.2, -0.15) is 0 Å². The number of hydrogen-bond donors (Lipinski definition) is 1. The van der Waals surface area contributed by atoms with Gasteiger partial charge in [0.05, 0.1) is 5.56 Å². The summed E-state index contributed by atoms with van der Waals surface area (Å²) < 4.78 is 13.8. The summed E-state index contributed by atoms with van der Waals surface area (Å²) in [5, 5.41) is 2.97. The van der Waals surface area contributed by atoms with Gasteiger partial charge in [-0.15, -0.1) is 0 Å². The molecule has 1 heterocycles. The molecule has 3 rings (SSSR count). The number of halogens is 1. The largest absolute Gasteiger partial charge is 0.352 e. The Morgan fingerprint density at radius 2 is 1.73 bits per heavy atom. The normalized spacial score (nSPS) is 14.9. The molecule has 1 fully saturated rings. The average molecular weight is 354 g/mol. The lowest BCUT2D eigenvalue weighted by Gasteiger charge is -2.32. The van der Waals surface area contributed by atoms with E-state index in [0.29, 0.717) is 31.1 Å². The molecule has 0 aliphatic carbocycles. The minimum Gasteiger partial charge on any atom is -0.352 e. The molecule has 4 nitrogen and oxygen atoms in total. The highest BCUT2D eigenvalue weighted by atomic mass is 19.1. The zero-order valence-electron chi connectivity index (χ0n) is 14.9. The maximum absolute atomic E-state index is 13.8. The van der Waals surface area contributed by atoms with Crippen molar-refractivity contribution in [3.05, 3.63) is 71.0 Å². The smallest absolute Gasteiger partial charge is 0.256 e. The van der Waals surface area contributed by atoms with E-state index >= 15 is 0 Å². The van der Waals surface area contributed by atoms with Crippen LogP contribution >= 0.6 is 0 Å². The fourth-order valence-corrected chi connectivity index (χ4v) is 3.19. The number of rotatable bonds is 4. The number of benzene rings is 2. The number of nitrogens with one attached hydrogen (secondary N) is 1. The van der Waals surface area contributed by atoms with Gasteiger partial charge in [0.25, 0.3) is 11.8 Å². The molecule has 0 aromatic heterocycles. The van der Waals surface area contributed by atoms with Crippen molar-refractivity contribution in [1.82, 2.24) is 10.2 Å². The first-order valence-electron chi connectivity index (χ1n) is 8.93. The number of piperidine rings is 1. The molecule has 136 valence electrons. The highest BCUT2D eigenvalue weighted by Gasteiger charge is 2.25. The molecule has 0 unspecified atom stereocenters. The summed E-state index contributed by atoms with van der Waals surface area (Å²) in [5.41, 5.74) is 1.90. The van der Waals surface area contributed by atoms with Crippen molar-refractivity contribution in [2.24, 2.45) is 5.92 Å².